The zero-order chi connectivity index (χ0) is 17.4. The van der Waals surface area contributed by atoms with Crippen LogP contribution in [0.25, 0.3) is 11.0 Å². The van der Waals surface area contributed by atoms with E-state index in [1.807, 2.05) is 12.1 Å². The Hall–Kier alpha value is -1.58. The molecule has 1 aliphatic heterocycles. The molecule has 1 N–H and O–H groups in total. The molecule has 0 bridgehead atoms. The van der Waals surface area contributed by atoms with Crippen LogP contribution >= 0.6 is 23.4 Å². The lowest BCUT2D eigenvalue weighted by Crippen LogP contribution is -2.07. The van der Waals surface area contributed by atoms with E-state index in [2.05, 4.69) is 20.2 Å². The summed E-state index contributed by atoms with van der Waals surface area (Å²) in [4.78, 5) is 7.69. The van der Waals surface area contributed by atoms with Crippen LogP contribution < -0.4 is 0 Å². The second kappa shape index (κ2) is 6.62. The number of nitrogens with one attached hydrogen (secondary N) is 1. The predicted molar refractivity (Wildman–Crippen MR) is 95.4 cm³/mol. The Morgan fingerprint density at radius 1 is 1.36 bits per heavy atom. The van der Waals surface area contributed by atoms with Crippen LogP contribution in [-0.2, 0) is 22.0 Å². The van der Waals surface area contributed by atoms with Gasteiger partial charge in [0.15, 0.2) is 9.84 Å². The highest BCUT2D eigenvalue weighted by molar-refractivity contribution is 7.98. The molecule has 7 nitrogen and oxygen atoms in total. The van der Waals surface area contributed by atoms with Crippen LogP contribution in [0.5, 0.6) is 0 Å². The number of rotatable bonds is 5. The minimum Gasteiger partial charge on any atom is -0.416 e. The Labute approximate surface area is 153 Å². The molecule has 2 aromatic heterocycles. The van der Waals surface area contributed by atoms with E-state index < -0.39 is 9.84 Å². The van der Waals surface area contributed by atoms with E-state index >= 15 is 0 Å². The van der Waals surface area contributed by atoms with Crippen LogP contribution in [0.2, 0.25) is 5.02 Å². The number of sulfone groups is 1. The highest BCUT2D eigenvalue weighted by atomic mass is 35.5. The summed E-state index contributed by atoms with van der Waals surface area (Å²) in [5.74, 6) is 2.38. The number of aromatic amines is 1. The van der Waals surface area contributed by atoms with Crippen molar-refractivity contribution in [3.05, 3.63) is 34.9 Å². The number of thioether (sulfide) groups is 1. The molecule has 0 aliphatic carbocycles. The molecule has 25 heavy (non-hydrogen) atoms. The minimum atomic E-state index is -2.89. The maximum absolute atomic E-state index is 11.5. The van der Waals surface area contributed by atoms with E-state index in [4.69, 9.17) is 16.0 Å². The molecule has 1 atom stereocenters. The Bertz CT molecular complexity index is 1010. The van der Waals surface area contributed by atoms with Crippen LogP contribution in [0, 0.1) is 5.92 Å². The first-order valence-corrected chi connectivity index (χ1v) is 10.9. The quantitative estimate of drug-likeness (QED) is 0.659. The molecule has 0 radical (unpaired) electrons. The highest BCUT2D eigenvalue weighted by Crippen LogP contribution is 2.26. The summed E-state index contributed by atoms with van der Waals surface area (Å²) in [7, 11) is -2.89. The number of aromatic nitrogens is 4. The van der Waals surface area contributed by atoms with Gasteiger partial charge in [-0.15, -0.1) is 10.2 Å². The molecule has 3 heterocycles. The number of H-pyrrole nitrogens is 1. The lowest BCUT2D eigenvalue weighted by atomic mass is 10.1. The summed E-state index contributed by atoms with van der Waals surface area (Å²) >= 11 is 7.35. The van der Waals surface area contributed by atoms with Crippen LogP contribution in [0.4, 0.5) is 0 Å². The summed E-state index contributed by atoms with van der Waals surface area (Å²) in [6.45, 7) is 0. The standard InChI is InChI=1S/C15H15ClN4O3S2/c16-10-1-2-11-12(6-10)18-13(17-11)7-24-15-20-19-14(23-15)5-9-3-4-25(21,22)8-9/h1-2,6,9H,3-5,7-8H2,(H,17,18)/t9-/m0/s1. The van der Waals surface area contributed by atoms with E-state index in [0.717, 1.165) is 16.9 Å². The van der Waals surface area contributed by atoms with Gasteiger partial charge in [0.2, 0.25) is 5.89 Å². The summed E-state index contributed by atoms with van der Waals surface area (Å²) in [5, 5.41) is 9.14. The molecule has 0 spiro atoms. The van der Waals surface area contributed by atoms with Gasteiger partial charge in [-0.1, -0.05) is 23.4 Å². The van der Waals surface area contributed by atoms with E-state index in [9.17, 15) is 8.42 Å². The third-order valence-corrected chi connectivity index (χ3v) is 6.97. The average molecular weight is 399 g/mol. The summed E-state index contributed by atoms with van der Waals surface area (Å²) < 4.78 is 28.6. The molecule has 1 saturated heterocycles. The van der Waals surface area contributed by atoms with E-state index in [-0.39, 0.29) is 17.4 Å². The van der Waals surface area contributed by atoms with Crippen LogP contribution in [0.1, 0.15) is 18.1 Å². The molecule has 3 aromatic rings. The van der Waals surface area contributed by atoms with Crippen LogP contribution in [0.3, 0.4) is 0 Å². The Kier molecular flexibility index (Phi) is 4.47. The number of imidazole rings is 1. The van der Waals surface area contributed by atoms with Crippen molar-refractivity contribution in [1.82, 2.24) is 20.2 Å². The first-order valence-electron chi connectivity index (χ1n) is 7.77. The normalized spacial score (nSPS) is 19.6. The van der Waals surface area contributed by atoms with Gasteiger partial charge in [0.05, 0.1) is 28.3 Å². The number of halogens is 1. The topological polar surface area (TPSA) is 102 Å². The Morgan fingerprint density at radius 2 is 2.24 bits per heavy atom. The lowest BCUT2D eigenvalue weighted by Gasteiger charge is -2.01. The molecule has 4 rings (SSSR count). The summed E-state index contributed by atoms with van der Waals surface area (Å²) in [5.41, 5.74) is 1.74. The molecule has 1 fully saturated rings. The molecule has 1 aliphatic rings. The highest BCUT2D eigenvalue weighted by Gasteiger charge is 2.29. The summed E-state index contributed by atoms with van der Waals surface area (Å²) in [6.07, 6.45) is 1.17. The van der Waals surface area contributed by atoms with Gasteiger partial charge >= 0.3 is 0 Å². The zero-order valence-electron chi connectivity index (χ0n) is 13.1. The maximum atomic E-state index is 11.5. The van der Waals surface area contributed by atoms with Gasteiger partial charge in [0.1, 0.15) is 5.82 Å². The largest absolute Gasteiger partial charge is 0.416 e. The second-order valence-electron chi connectivity index (χ2n) is 6.07. The van der Waals surface area contributed by atoms with Gasteiger partial charge in [-0.25, -0.2) is 13.4 Å². The van der Waals surface area contributed by atoms with Gasteiger partial charge in [0, 0.05) is 11.4 Å². The smallest absolute Gasteiger partial charge is 0.277 e. The second-order valence-corrected chi connectivity index (χ2v) is 9.66. The maximum Gasteiger partial charge on any atom is 0.277 e. The van der Waals surface area contributed by atoms with E-state index in [1.165, 1.54) is 11.8 Å². The fourth-order valence-corrected chi connectivity index (χ4v) is 5.58. The number of nitrogens with zero attached hydrogens (tertiary/aromatic N) is 3. The van der Waals surface area contributed by atoms with Crippen molar-refractivity contribution in [3.63, 3.8) is 0 Å². The van der Waals surface area contributed by atoms with Crippen molar-refractivity contribution >= 4 is 44.2 Å². The number of hydrogen-bond acceptors (Lipinski definition) is 7. The third kappa shape index (κ3) is 3.99. The number of benzene rings is 1. The monoisotopic (exact) mass is 398 g/mol. The molecule has 0 amide bonds. The van der Waals surface area contributed by atoms with Crippen molar-refractivity contribution in [3.8, 4) is 0 Å². The average Bonchev–Trinajstić information content (AvgIpc) is 3.24. The molecule has 1 aromatic carbocycles. The molecule has 10 heteroatoms. The predicted octanol–water partition coefficient (Wildman–Crippen LogP) is 2.87. The van der Waals surface area contributed by atoms with Crippen LogP contribution in [0.15, 0.2) is 27.8 Å². The minimum absolute atomic E-state index is 0.0726. The van der Waals surface area contributed by atoms with Crippen molar-refractivity contribution in [1.29, 1.82) is 0 Å². The van der Waals surface area contributed by atoms with Gasteiger partial charge in [-0.3, -0.25) is 0 Å². The fourth-order valence-electron chi connectivity index (χ4n) is 2.89. The molecular formula is C15H15ClN4O3S2. The third-order valence-electron chi connectivity index (χ3n) is 4.06. The molecule has 0 saturated carbocycles. The van der Waals surface area contributed by atoms with Crippen molar-refractivity contribution < 1.29 is 12.8 Å². The molecule has 132 valence electrons. The Balaban J connectivity index is 1.37. The van der Waals surface area contributed by atoms with Gasteiger partial charge in [-0.05, 0) is 30.5 Å². The van der Waals surface area contributed by atoms with Crippen LogP contribution in [-0.4, -0.2) is 40.1 Å². The zero-order valence-corrected chi connectivity index (χ0v) is 15.5. The lowest BCUT2D eigenvalue weighted by molar-refractivity contribution is 0.389. The first-order chi connectivity index (χ1) is 12.0. The molecular weight excluding hydrogens is 384 g/mol. The number of hydrogen-bond donors (Lipinski definition) is 1. The van der Waals surface area contributed by atoms with Gasteiger partial charge in [-0.2, -0.15) is 0 Å². The van der Waals surface area contributed by atoms with Gasteiger partial charge < -0.3 is 9.40 Å². The van der Waals surface area contributed by atoms with E-state index in [0.29, 0.717) is 34.7 Å². The van der Waals surface area contributed by atoms with Gasteiger partial charge in [0.25, 0.3) is 5.22 Å². The van der Waals surface area contributed by atoms with E-state index in [1.54, 1.807) is 6.07 Å². The fraction of sp³-hybridized carbons (Fsp3) is 0.400. The summed E-state index contributed by atoms with van der Waals surface area (Å²) in [6, 6.07) is 5.50. The molecule has 0 unspecified atom stereocenters. The number of fused-ring (bicyclic) bond motifs is 1. The van der Waals surface area contributed by atoms with Crippen molar-refractivity contribution in [2.75, 3.05) is 11.5 Å². The Morgan fingerprint density at radius 3 is 3.04 bits per heavy atom. The first kappa shape index (κ1) is 16.9. The van der Waals surface area contributed by atoms with Crippen molar-refractivity contribution in [2.24, 2.45) is 5.92 Å². The SMILES string of the molecule is O=S1(=O)CC[C@@H](Cc2nnc(SCc3nc4ccc(Cl)cc4[nH]3)o2)C1. The van der Waals surface area contributed by atoms with Crippen molar-refractivity contribution in [2.45, 2.75) is 23.8 Å².